The molecular formula is C17H23ClN2O5. The lowest BCUT2D eigenvalue weighted by Crippen LogP contribution is -2.39. The predicted octanol–water partition coefficient (Wildman–Crippen LogP) is 1.94. The van der Waals surface area contributed by atoms with E-state index in [4.69, 9.17) is 25.8 Å². The van der Waals surface area contributed by atoms with E-state index in [0.717, 1.165) is 0 Å². The van der Waals surface area contributed by atoms with Crippen molar-refractivity contribution in [3.8, 4) is 5.75 Å². The molecule has 1 aromatic carbocycles. The fourth-order valence-corrected chi connectivity index (χ4v) is 2.60. The molecule has 2 rings (SSSR count). The summed E-state index contributed by atoms with van der Waals surface area (Å²) in [5.74, 6) is -0.00791. The van der Waals surface area contributed by atoms with Crippen molar-refractivity contribution in [2.24, 2.45) is 0 Å². The summed E-state index contributed by atoms with van der Waals surface area (Å²) in [5.41, 5.74) is 0.520. The van der Waals surface area contributed by atoms with Crippen LogP contribution in [0, 0.1) is 0 Å². The monoisotopic (exact) mass is 370 g/mol. The molecule has 2 amide bonds. The van der Waals surface area contributed by atoms with Gasteiger partial charge in [0.25, 0.3) is 11.8 Å². The third-order valence-corrected chi connectivity index (χ3v) is 4.07. The number of anilines is 1. The number of hydrogen-bond donors (Lipinski definition) is 1. The summed E-state index contributed by atoms with van der Waals surface area (Å²) in [6.07, 6.45) is -0.629. The zero-order valence-electron chi connectivity index (χ0n) is 14.4. The number of hydrogen-bond acceptors (Lipinski definition) is 5. The van der Waals surface area contributed by atoms with Gasteiger partial charge in [0, 0.05) is 18.8 Å². The Morgan fingerprint density at radius 3 is 2.68 bits per heavy atom. The molecule has 0 spiro atoms. The molecule has 7 nitrogen and oxygen atoms in total. The highest BCUT2D eigenvalue weighted by atomic mass is 35.5. The van der Waals surface area contributed by atoms with Crippen LogP contribution in [0.25, 0.3) is 0 Å². The van der Waals surface area contributed by atoms with Gasteiger partial charge in [-0.25, -0.2) is 0 Å². The lowest BCUT2D eigenvalue weighted by atomic mass is 10.2. The topological polar surface area (TPSA) is 77.1 Å². The van der Waals surface area contributed by atoms with Gasteiger partial charge in [0.1, 0.15) is 5.75 Å². The Morgan fingerprint density at radius 2 is 2.08 bits per heavy atom. The molecule has 1 saturated heterocycles. The van der Waals surface area contributed by atoms with Crippen molar-refractivity contribution in [1.29, 1.82) is 0 Å². The van der Waals surface area contributed by atoms with Crippen LogP contribution in [0.1, 0.15) is 13.8 Å². The van der Waals surface area contributed by atoms with Crippen molar-refractivity contribution in [2.75, 3.05) is 44.8 Å². The van der Waals surface area contributed by atoms with Gasteiger partial charge < -0.3 is 24.4 Å². The highest BCUT2D eigenvalue weighted by Gasteiger charge is 2.23. The van der Waals surface area contributed by atoms with Gasteiger partial charge in [-0.15, -0.1) is 0 Å². The molecule has 8 heteroatoms. The Balaban J connectivity index is 1.91. The maximum Gasteiger partial charge on any atom is 0.260 e. The van der Waals surface area contributed by atoms with E-state index < -0.39 is 6.10 Å². The number of benzene rings is 1. The van der Waals surface area contributed by atoms with Crippen molar-refractivity contribution < 1.29 is 23.8 Å². The molecule has 1 heterocycles. The first-order valence-electron chi connectivity index (χ1n) is 8.25. The van der Waals surface area contributed by atoms with Crippen molar-refractivity contribution in [1.82, 2.24) is 4.90 Å². The van der Waals surface area contributed by atoms with Gasteiger partial charge in [0.2, 0.25) is 0 Å². The van der Waals surface area contributed by atoms with Crippen molar-refractivity contribution >= 4 is 29.1 Å². The predicted molar refractivity (Wildman–Crippen MR) is 94.1 cm³/mol. The Morgan fingerprint density at radius 1 is 1.32 bits per heavy atom. The normalized spacial score (nSPS) is 17.0. The molecule has 0 radical (unpaired) electrons. The van der Waals surface area contributed by atoms with Gasteiger partial charge >= 0.3 is 0 Å². The third-order valence-electron chi connectivity index (χ3n) is 3.78. The molecule has 1 aliphatic rings. The van der Waals surface area contributed by atoms with E-state index in [9.17, 15) is 9.59 Å². The fourth-order valence-electron chi connectivity index (χ4n) is 2.36. The molecule has 1 fully saturated rings. The number of carbonyl (C=O) groups excluding carboxylic acids is 2. The molecule has 0 saturated carbocycles. The van der Waals surface area contributed by atoms with E-state index in [1.54, 1.807) is 23.1 Å². The molecule has 1 N–H and O–H groups in total. The lowest BCUT2D eigenvalue weighted by molar-refractivity contribution is -0.142. The number of nitrogens with one attached hydrogen (secondary N) is 1. The summed E-state index contributed by atoms with van der Waals surface area (Å²) in [5, 5.41) is 3.03. The van der Waals surface area contributed by atoms with E-state index in [1.165, 1.54) is 0 Å². The van der Waals surface area contributed by atoms with Crippen molar-refractivity contribution in [3.05, 3.63) is 23.2 Å². The molecule has 0 aliphatic carbocycles. The number of amides is 2. The zero-order valence-corrected chi connectivity index (χ0v) is 15.2. The van der Waals surface area contributed by atoms with Crippen LogP contribution in [0.15, 0.2) is 18.2 Å². The SMILES string of the molecule is CCN(CC)C(=O)COc1ccc(NC(=O)C2COCCO2)cc1Cl. The lowest BCUT2D eigenvalue weighted by Gasteiger charge is -2.22. The molecule has 1 atom stereocenters. The summed E-state index contributed by atoms with van der Waals surface area (Å²) in [4.78, 5) is 25.7. The first kappa shape index (κ1) is 19.5. The van der Waals surface area contributed by atoms with Crippen LogP contribution in [-0.4, -0.2) is 62.3 Å². The van der Waals surface area contributed by atoms with Gasteiger partial charge in [0.15, 0.2) is 12.7 Å². The quantitative estimate of drug-likeness (QED) is 0.793. The molecule has 1 aromatic rings. The summed E-state index contributed by atoms with van der Waals surface area (Å²) < 4.78 is 16.0. The van der Waals surface area contributed by atoms with Gasteiger partial charge in [-0.05, 0) is 32.0 Å². The van der Waals surface area contributed by atoms with E-state index in [-0.39, 0.29) is 25.0 Å². The zero-order chi connectivity index (χ0) is 18.2. The molecule has 138 valence electrons. The molecule has 0 aromatic heterocycles. The molecule has 0 bridgehead atoms. The maximum absolute atomic E-state index is 12.1. The van der Waals surface area contributed by atoms with Crippen LogP contribution >= 0.6 is 11.6 Å². The molecule has 1 unspecified atom stereocenters. The van der Waals surface area contributed by atoms with Gasteiger partial charge in [-0.1, -0.05) is 11.6 Å². The number of carbonyl (C=O) groups is 2. The summed E-state index contributed by atoms with van der Waals surface area (Å²) >= 11 is 6.17. The van der Waals surface area contributed by atoms with E-state index in [0.29, 0.717) is 42.8 Å². The van der Waals surface area contributed by atoms with E-state index in [2.05, 4.69) is 5.32 Å². The standard InChI is InChI=1S/C17H23ClN2O5/c1-3-20(4-2)16(21)11-25-14-6-5-12(9-13(14)18)19-17(22)15-10-23-7-8-24-15/h5-6,9,15H,3-4,7-8,10-11H2,1-2H3,(H,19,22). The Bertz CT molecular complexity index is 601. The number of halogens is 1. The molecular weight excluding hydrogens is 348 g/mol. The average molecular weight is 371 g/mol. The number of rotatable bonds is 7. The number of likely N-dealkylation sites (N-methyl/N-ethyl adjacent to an activating group) is 1. The number of nitrogens with zero attached hydrogens (tertiary/aromatic N) is 1. The van der Waals surface area contributed by atoms with Crippen molar-refractivity contribution in [3.63, 3.8) is 0 Å². The molecule has 1 aliphatic heterocycles. The first-order valence-corrected chi connectivity index (χ1v) is 8.63. The smallest absolute Gasteiger partial charge is 0.260 e. The van der Waals surface area contributed by atoms with Crippen LogP contribution in [0.3, 0.4) is 0 Å². The summed E-state index contributed by atoms with van der Waals surface area (Å²) in [6.45, 7) is 6.11. The average Bonchev–Trinajstić information content (AvgIpc) is 2.62. The van der Waals surface area contributed by atoms with Gasteiger partial charge in [0.05, 0.1) is 24.8 Å². The van der Waals surface area contributed by atoms with E-state index in [1.807, 2.05) is 13.8 Å². The minimum Gasteiger partial charge on any atom is -0.482 e. The highest BCUT2D eigenvalue weighted by molar-refractivity contribution is 6.32. The Hall–Kier alpha value is -1.83. The second-order valence-corrected chi connectivity index (χ2v) is 5.83. The summed E-state index contributed by atoms with van der Waals surface area (Å²) in [7, 11) is 0. The minimum absolute atomic E-state index is 0.0830. The fraction of sp³-hybridized carbons (Fsp3) is 0.529. The minimum atomic E-state index is -0.629. The van der Waals surface area contributed by atoms with Gasteiger partial charge in [-0.3, -0.25) is 9.59 Å². The van der Waals surface area contributed by atoms with Crippen LogP contribution in [0.4, 0.5) is 5.69 Å². The van der Waals surface area contributed by atoms with E-state index >= 15 is 0 Å². The summed E-state index contributed by atoms with van der Waals surface area (Å²) in [6, 6.07) is 4.84. The second kappa shape index (κ2) is 9.60. The maximum atomic E-state index is 12.1. The second-order valence-electron chi connectivity index (χ2n) is 5.42. The van der Waals surface area contributed by atoms with Crippen LogP contribution in [0.2, 0.25) is 5.02 Å². The van der Waals surface area contributed by atoms with Crippen LogP contribution < -0.4 is 10.1 Å². The van der Waals surface area contributed by atoms with Gasteiger partial charge in [-0.2, -0.15) is 0 Å². The number of ether oxygens (including phenoxy) is 3. The van der Waals surface area contributed by atoms with Crippen LogP contribution in [-0.2, 0) is 19.1 Å². The Kier molecular flexibility index (Phi) is 7.49. The largest absolute Gasteiger partial charge is 0.482 e. The Labute approximate surface area is 152 Å². The van der Waals surface area contributed by atoms with Crippen molar-refractivity contribution in [2.45, 2.75) is 20.0 Å². The van der Waals surface area contributed by atoms with Crippen LogP contribution in [0.5, 0.6) is 5.75 Å². The first-order chi connectivity index (χ1) is 12.0. The highest BCUT2D eigenvalue weighted by Crippen LogP contribution is 2.28. The molecule has 25 heavy (non-hydrogen) atoms. The third kappa shape index (κ3) is 5.59.